The number of carbonyl (C=O) groups is 1. The van der Waals surface area contributed by atoms with Gasteiger partial charge in [0.25, 0.3) is 0 Å². The normalized spacial score (nSPS) is 19.1. The van der Waals surface area contributed by atoms with E-state index in [0.29, 0.717) is 12.6 Å². The molecule has 0 bridgehead atoms. The van der Waals surface area contributed by atoms with Gasteiger partial charge in [-0.3, -0.25) is 0 Å². The summed E-state index contributed by atoms with van der Waals surface area (Å²) in [7, 11) is -2.43. The summed E-state index contributed by atoms with van der Waals surface area (Å²) in [5.74, 6) is -0.627. The van der Waals surface area contributed by atoms with Crippen molar-refractivity contribution in [1.82, 2.24) is 10.0 Å². The number of ether oxygens (including phenoxy) is 1. The van der Waals surface area contributed by atoms with E-state index in [-0.39, 0.29) is 9.77 Å². The van der Waals surface area contributed by atoms with E-state index in [0.717, 1.165) is 37.1 Å². The molecule has 1 aromatic rings. The molecule has 112 valence electrons. The molecule has 0 saturated carbocycles. The van der Waals surface area contributed by atoms with Crippen LogP contribution in [0, 0.1) is 0 Å². The van der Waals surface area contributed by atoms with Gasteiger partial charge in [0.15, 0.2) is 0 Å². The fraction of sp³-hybridized carbons (Fsp3) is 0.583. The zero-order valence-corrected chi connectivity index (χ0v) is 12.9. The summed E-state index contributed by atoms with van der Waals surface area (Å²) < 4.78 is 31.5. The van der Waals surface area contributed by atoms with Gasteiger partial charge < -0.3 is 10.1 Å². The molecule has 1 aromatic heterocycles. The molecule has 0 spiro atoms. The van der Waals surface area contributed by atoms with Crippen LogP contribution in [0.15, 0.2) is 16.3 Å². The van der Waals surface area contributed by atoms with E-state index in [9.17, 15) is 13.2 Å². The van der Waals surface area contributed by atoms with Crippen LogP contribution in [0.5, 0.6) is 0 Å². The van der Waals surface area contributed by atoms with Gasteiger partial charge in [0.05, 0.1) is 7.11 Å². The number of thiophene rings is 1. The number of sulfonamides is 1. The minimum Gasteiger partial charge on any atom is -0.465 e. The lowest BCUT2D eigenvalue weighted by Gasteiger charge is -2.11. The monoisotopic (exact) mass is 318 g/mol. The lowest BCUT2D eigenvalue weighted by molar-refractivity contribution is 0.0602. The summed E-state index contributed by atoms with van der Waals surface area (Å²) in [4.78, 5) is 11.6. The van der Waals surface area contributed by atoms with Crippen LogP contribution in [0.4, 0.5) is 0 Å². The molecule has 1 fully saturated rings. The van der Waals surface area contributed by atoms with Crippen molar-refractivity contribution >= 4 is 27.3 Å². The molecule has 0 aromatic carbocycles. The smallest absolute Gasteiger partial charge is 0.349 e. The largest absolute Gasteiger partial charge is 0.465 e. The number of hydrogen-bond donors (Lipinski definition) is 2. The maximum Gasteiger partial charge on any atom is 0.349 e. The highest BCUT2D eigenvalue weighted by Gasteiger charge is 2.24. The molecule has 1 atom stereocenters. The number of rotatable bonds is 6. The molecule has 1 aliphatic rings. The molecule has 6 nitrogen and oxygen atoms in total. The van der Waals surface area contributed by atoms with Gasteiger partial charge in [-0.25, -0.2) is 17.9 Å². The molecular weight excluding hydrogens is 300 g/mol. The van der Waals surface area contributed by atoms with E-state index in [1.165, 1.54) is 13.2 Å². The Hall–Kier alpha value is -0.960. The summed E-state index contributed by atoms with van der Waals surface area (Å²) in [6, 6.07) is 1.80. The Morgan fingerprint density at radius 2 is 2.40 bits per heavy atom. The van der Waals surface area contributed by atoms with Crippen LogP contribution in [-0.2, 0) is 14.8 Å². The predicted molar refractivity (Wildman–Crippen MR) is 76.5 cm³/mol. The van der Waals surface area contributed by atoms with E-state index in [1.807, 2.05) is 0 Å². The maximum atomic E-state index is 12.2. The summed E-state index contributed by atoms with van der Waals surface area (Å²) in [5, 5.41) is 4.88. The highest BCUT2D eigenvalue weighted by Crippen LogP contribution is 2.22. The first kappa shape index (κ1) is 15.4. The molecule has 20 heavy (non-hydrogen) atoms. The van der Waals surface area contributed by atoms with E-state index in [1.54, 1.807) is 5.38 Å². The van der Waals surface area contributed by atoms with Crippen molar-refractivity contribution in [3.8, 4) is 0 Å². The fourth-order valence-electron chi connectivity index (χ4n) is 2.20. The molecule has 2 heterocycles. The molecule has 8 heteroatoms. The van der Waals surface area contributed by atoms with Gasteiger partial charge in [-0.2, -0.15) is 0 Å². The van der Waals surface area contributed by atoms with Crippen molar-refractivity contribution in [3.63, 3.8) is 0 Å². The number of hydrogen-bond acceptors (Lipinski definition) is 6. The Bertz CT molecular complexity index is 562. The van der Waals surface area contributed by atoms with Crippen LogP contribution in [0.3, 0.4) is 0 Å². The molecule has 0 amide bonds. The predicted octanol–water partition coefficient (Wildman–Crippen LogP) is 0.955. The first-order valence-corrected chi connectivity index (χ1v) is 8.80. The Balaban J connectivity index is 1.99. The van der Waals surface area contributed by atoms with E-state index in [2.05, 4.69) is 14.8 Å². The maximum absolute atomic E-state index is 12.2. The molecule has 0 unspecified atom stereocenters. The van der Waals surface area contributed by atoms with Crippen molar-refractivity contribution in [3.05, 3.63) is 16.3 Å². The van der Waals surface area contributed by atoms with Gasteiger partial charge in [-0.15, -0.1) is 11.3 Å². The zero-order valence-electron chi connectivity index (χ0n) is 11.2. The van der Waals surface area contributed by atoms with Gasteiger partial charge in [-0.05, 0) is 37.3 Å². The minimum atomic E-state index is -3.66. The van der Waals surface area contributed by atoms with Gasteiger partial charge >= 0.3 is 5.97 Å². The summed E-state index contributed by atoms with van der Waals surface area (Å²) >= 11 is 1.06. The average Bonchev–Trinajstić information content (AvgIpc) is 3.08. The number of carbonyl (C=O) groups excluding carboxylic acids is 1. The summed E-state index contributed by atoms with van der Waals surface area (Å²) in [5.41, 5.74) is 0. The van der Waals surface area contributed by atoms with Gasteiger partial charge in [0.2, 0.25) is 10.0 Å². The number of esters is 1. The second-order valence-corrected chi connectivity index (χ2v) is 7.24. The Kier molecular flexibility index (Phi) is 5.14. The zero-order chi connectivity index (χ0) is 14.6. The lowest BCUT2D eigenvalue weighted by atomic mass is 10.2. The third kappa shape index (κ3) is 3.57. The summed E-state index contributed by atoms with van der Waals surface area (Å²) in [6.45, 7) is 1.35. The number of methoxy groups -OCH3 is 1. The van der Waals surface area contributed by atoms with Gasteiger partial charge in [0.1, 0.15) is 9.77 Å². The molecular formula is C12H18N2O4S2. The molecule has 0 aliphatic carbocycles. The average molecular weight is 318 g/mol. The molecule has 2 rings (SSSR count). The van der Waals surface area contributed by atoms with Crippen molar-refractivity contribution in [2.24, 2.45) is 0 Å². The van der Waals surface area contributed by atoms with E-state index >= 15 is 0 Å². The number of nitrogens with one attached hydrogen (secondary N) is 2. The quantitative estimate of drug-likeness (QED) is 0.763. The summed E-state index contributed by atoms with van der Waals surface area (Å²) in [6.07, 6.45) is 2.96. The third-order valence-electron chi connectivity index (χ3n) is 3.24. The van der Waals surface area contributed by atoms with Crippen molar-refractivity contribution < 1.29 is 17.9 Å². The first-order chi connectivity index (χ1) is 9.54. The van der Waals surface area contributed by atoms with Crippen molar-refractivity contribution in [2.75, 3.05) is 20.2 Å². The van der Waals surface area contributed by atoms with Gasteiger partial charge in [0, 0.05) is 12.6 Å². The van der Waals surface area contributed by atoms with Crippen molar-refractivity contribution in [2.45, 2.75) is 30.2 Å². The Labute approximate surface area is 122 Å². The first-order valence-electron chi connectivity index (χ1n) is 6.43. The van der Waals surface area contributed by atoms with Crippen LogP contribution >= 0.6 is 11.3 Å². The second kappa shape index (κ2) is 6.66. The highest BCUT2D eigenvalue weighted by atomic mass is 32.2. The van der Waals surface area contributed by atoms with E-state index < -0.39 is 16.0 Å². The Morgan fingerprint density at radius 1 is 1.60 bits per heavy atom. The highest BCUT2D eigenvalue weighted by molar-refractivity contribution is 7.89. The molecule has 0 radical (unpaired) electrons. The fourth-order valence-corrected chi connectivity index (χ4v) is 4.58. The van der Waals surface area contributed by atoms with Crippen LogP contribution in [0.2, 0.25) is 0 Å². The van der Waals surface area contributed by atoms with Crippen molar-refractivity contribution in [1.29, 1.82) is 0 Å². The third-order valence-corrected chi connectivity index (χ3v) is 5.76. The van der Waals surface area contributed by atoms with Crippen LogP contribution in [0.1, 0.15) is 28.9 Å². The van der Waals surface area contributed by atoms with Crippen LogP contribution in [-0.4, -0.2) is 40.6 Å². The van der Waals surface area contributed by atoms with Crippen LogP contribution in [0.25, 0.3) is 0 Å². The van der Waals surface area contributed by atoms with Crippen LogP contribution < -0.4 is 10.0 Å². The standard InChI is InChI=1S/C12H18N2O4S2/c1-18-12(15)11-10(5-8-19-11)20(16,17)14-7-4-9-3-2-6-13-9/h5,8-9,13-14H,2-4,6-7H2,1H3/t9-/m0/s1. The van der Waals surface area contributed by atoms with E-state index in [4.69, 9.17) is 0 Å². The minimum absolute atomic E-state index is 0.00580. The van der Waals surface area contributed by atoms with Gasteiger partial charge in [-0.1, -0.05) is 0 Å². The molecule has 1 saturated heterocycles. The Morgan fingerprint density at radius 3 is 3.05 bits per heavy atom. The topological polar surface area (TPSA) is 84.5 Å². The SMILES string of the molecule is COC(=O)c1sccc1S(=O)(=O)NCC[C@@H]1CCCN1. The molecule has 1 aliphatic heterocycles. The second-order valence-electron chi connectivity index (χ2n) is 4.59. The lowest BCUT2D eigenvalue weighted by Crippen LogP contribution is -2.31. The molecule has 2 N–H and O–H groups in total.